The van der Waals surface area contributed by atoms with Gasteiger partial charge in [0.05, 0.1) is 19.7 Å². The number of hydrogen-bond acceptors (Lipinski definition) is 4. The lowest BCUT2D eigenvalue weighted by molar-refractivity contribution is -0.141. The molecular formula is C13H19N3O3. The van der Waals surface area contributed by atoms with Gasteiger partial charge in [0, 0.05) is 38.0 Å². The number of carbonyl (C=O) groups excluding carboxylic acids is 2. The number of hydrogen-bond donors (Lipinski definition) is 0. The number of ether oxygens (including phenoxy) is 1. The topological polar surface area (TPSA) is 64.4 Å². The SMILES string of the molecule is CCN(CCC(=O)OC)C(=O)/C=C/c1cnn(C)c1. The molecule has 0 N–H and O–H groups in total. The van der Waals surface area contributed by atoms with E-state index < -0.39 is 0 Å². The van der Waals surface area contributed by atoms with E-state index in [4.69, 9.17) is 0 Å². The van der Waals surface area contributed by atoms with Crippen molar-refractivity contribution in [3.8, 4) is 0 Å². The molecule has 0 radical (unpaired) electrons. The smallest absolute Gasteiger partial charge is 0.307 e. The number of nitrogens with zero attached hydrogens (tertiary/aromatic N) is 3. The van der Waals surface area contributed by atoms with Gasteiger partial charge in [0.15, 0.2) is 0 Å². The molecule has 0 aliphatic rings. The lowest BCUT2D eigenvalue weighted by Crippen LogP contribution is -2.31. The van der Waals surface area contributed by atoms with Gasteiger partial charge in [0.2, 0.25) is 5.91 Å². The summed E-state index contributed by atoms with van der Waals surface area (Å²) in [7, 11) is 3.15. The van der Waals surface area contributed by atoms with Crippen molar-refractivity contribution >= 4 is 18.0 Å². The number of aromatic nitrogens is 2. The maximum atomic E-state index is 11.9. The van der Waals surface area contributed by atoms with Crippen molar-refractivity contribution in [1.82, 2.24) is 14.7 Å². The van der Waals surface area contributed by atoms with Gasteiger partial charge in [0.25, 0.3) is 0 Å². The largest absolute Gasteiger partial charge is 0.469 e. The molecule has 0 aliphatic heterocycles. The highest BCUT2D eigenvalue weighted by Crippen LogP contribution is 2.02. The number of rotatable bonds is 6. The summed E-state index contributed by atoms with van der Waals surface area (Å²) in [4.78, 5) is 24.5. The molecule has 104 valence electrons. The first-order chi connectivity index (χ1) is 9.06. The first kappa shape index (κ1) is 14.9. The highest BCUT2D eigenvalue weighted by molar-refractivity contribution is 5.91. The Hall–Kier alpha value is -2.11. The van der Waals surface area contributed by atoms with Crippen molar-refractivity contribution in [2.75, 3.05) is 20.2 Å². The third kappa shape index (κ3) is 4.95. The van der Waals surface area contributed by atoms with Crippen molar-refractivity contribution in [3.05, 3.63) is 24.0 Å². The molecule has 0 saturated heterocycles. The highest BCUT2D eigenvalue weighted by atomic mass is 16.5. The summed E-state index contributed by atoms with van der Waals surface area (Å²) >= 11 is 0. The zero-order valence-electron chi connectivity index (χ0n) is 11.5. The fraction of sp³-hybridized carbons (Fsp3) is 0.462. The Morgan fingerprint density at radius 1 is 1.53 bits per heavy atom. The number of carbonyl (C=O) groups is 2. The Balaban J connectivity index is 2.53. The zero-order valence-corrected chi connectivity index (χ0v) is 11.5. The quantitative estimate of drug-likeness (QED) is 0.565. The van der Waals surface area contributed by atoms with Crippen LogP contribution in [0.15, 0.2) is 18.5 Å². The second kappa shape index (κ2) is 7.35. The molecule has 0 aromatic carbocycles. The molecule has 0 bridgehead atoms. The fourth-order valence-corrected chi connectivity index (χ4v) is 1.55. The molecule has 0 fully saturated rings. The molecule has 0 spiro atoms. The van der Waals surface area contributed by atoms with Gasteiger partial charge in [-0.3, -0.25) is 14.3 Å². The van der Waals surface area contributed by atoms with Gasteiger partial charge >= 0.3 is 5.97 Å². The van der Waals surface area contributed by atoms with Gasteiger partial charge in [-0.15, -0.1) is 0 Å². The van der Waals surface area contributed by atoms with Crippen LogP contribution in [-0.2, 0) is 21.4 Å². The second-order valence-electron chi connectivity index (χ2n) is 4.02. The van der Waals surface area contributed by atoms with E-state index in [1.807, 2.05) is 20.2 Å². The van der Waals surface area contributed by atoms with Crippen LogP contribution in [-0.4, -0.2) is 46.8 Å². The minimum absolute atomic E-state index is 0.129. The molecule has 0 atom stereocenters. The molecule has 1 heterocycles. The average molecular weight is 265 g/mol. The van der Waals surface area contributed by atoms with Crippen LogP contribution in [0.5, 0.6) is 0 Å². The molecule has 1 aromatic heterocycles. The van der Waals surface area contributed by atoms with Crippen LogP contribution in [0, 0.1) is 0 Å². The van der Waals surface area contributed by atoms with Crippen molar-refractivity contribution < 1.29 is 14.3 Å². The monoisotopic (exact) mass is 265 g/mol. The first-order valence-corrected chi connectivity index (χ1v) is 6.09. The maximum absolute atomic E-state index is 11.9. The zero-order chi connectivity index (χ0) is 14.3. The summed E-state index contributed by atoms with van der Waals surface area (Å²) in [5, 5.41) is 4.01. The van der Waals surface area contributed by atoms with Gasteiger partial charge in [-0.25, -0.2) is 0 Å². The summed E-state index contributed by atoms with van der Waals surface area (Å²) in [6.45, 7) is 2.78. The summed E-state index contributed by atoms with van der Waals surface area (Å²) in [6.07, 6.45) is 6.88. The minimum atomic E-state index is -0.317. The van der Waals surface area contributed by atoms with Crippen LogP contribution in [0.4, 0.5) is 0 Å². The number of methoxy groups -OCH3 is 1. The van der Waals surface area contributed by atoms with Crippen LogP contribution in [0.1, 0.15) is 18.9 Å². The third-order valence-electron chi connectivity index (χ3n) is 2.65. The average Bonchev–Trinajstić information content (AvgIpc) is 2.82. The van der Waals surface area contributed by atoms with E-state index in [0.29, 0.717) is 13.1 Å². The lowest BCUT2D eigenvalue weighted by atomic mass is 10.3. The molecule has 1 aromatic rings. The molecule has 0 aliphatic carbocycles. The molecule has 19 heavy (non-hydrogen) atoms. The molecule has 0 saturated carbocycles. The predicted molar refractivity (Wildman–Crippen MR) is 71.1 cm³/mol. The van der Waals surface area contributed by atoms with Gasteiger partial charge in [0.1, 0.15) is 0 Å². The van der Waals surface area contributed by atoms with Crippen LogP contribution < -0.4 is 0 Å². The van der Waals surface area contributed by atoms with E-state index in [9.17, 15) is 9.59 Å². The summed E-state index contributed by atoms with van der Waals surface area (Å²) in [5.74, 6) is -0.447. The summed E-state index contributed by atoms with van der Waals surface area (Å²) in [5.41, 5.74) is 0.861. The number of esters is 1. The number of amides is 1. The number of likely N-dealkylation sites (N-methyl/N-ethyl adjacent to an activating group) is 1. The third-order valence-corrected chi connectivity index (χ3v) is 2.65. The van der Waals surface area contributed by atoms with E-state index in [1.54, 1.807) is 21.9 Å². The van der Waals surface area contributed by atoms with Crippen LogP contribution in [0.25, 0.3) is 6.08 Å². The molecule has 1 rings (SSSR count). The summed E-state index contributed by atoms with van der Waals surface area (Å²) in [6, 6.07) is 0. The van der Waals surface area contributed by atoms with E-state index in [1.165, 1.54) is 13.2 Å². The Morgan fingerprint density at radius 3 is 2.79 bits per heavy atom. The Kier molecular flexibility index (Phi) is 5.78. The standard InChI is InChI=1S/C13H19N3O3/c1-4-16(8-7-13(18)19-3)12(17)6-5-11-9-14-15(2)10-11/h5-6,9-10H,4,7-8H2,1-3H3/b6-5+. The van der Waals surface area contributed by atoms with E-state index in [-0.39, 0.29) is 18.3 Å². The highest BCUT2D eigenvalue weighted by Gasteiger charge is 2.10. The Labute approximate surface area is 112 Å². The van der Waals surface area contributed by atoms with E-state index in [0.717, 1.165) is 5.56 Å². The normalized spacial score (nSPS) is 10.7. The molecule has 1 amide bonds. The van der Waals surface area contributed by atoms with E-state index >= 15 is 0 Å². The molecule has 6 heteroatoms. The molecule has 6 nitrogen and oxygen atoms in total. The number of aryl methyl sites for hydroxylation is 1. The van der Waals surface area contributed by atoms with Crippen LogP contribution >= 0.6 is 0 Å². The summed E-state index contributed by atoms with van der Waals surface area (Å²) < 4.78 is 6.22. The Bertz CT molecular complexity index is 465. The second-order valence-corrected chi connectivity index (χ2v) is 4.02. The maximum Gasteiger partial charge on any atom is 0.307 e. The fourth-order valence-electron chi connectivity index (χ4n) is 1.55. The van der Waals surface area contributed by atoms with Crippen molar-refractivity contribution in [2.24, 2.45) is 7.05 Å². The van der Waals surface area contributed by atoms with Crippen LogP contribution in [0.2, 0.25) is 0 Å². The first-order valence-electron chi connectivity index (χ1n) is 6.09. The minimum Gasteiger partial charge on any atom is -0.469 e. The van der Waals surface area contributed by atoms with Gasteiger partial charge < -0.3 is 9.64 Å². The van der Waals surface area contributed by atoms with Gasteiger partial charge in [-0.2, -0.15) is 5.10 Å². The molecule has 0 unspecified atom stereocenters. The predicted octanol–water partition coefficient (Wildman–Crippen LogP) is 0.845. The van der Waals surface area contributed by atoms with Crippen molar-refractivity contribution in [2.45, 2.75) is 13.3 Å². The lowest BCUT2D eigenvalue weighted by Gasteiger charge is -2.18. The van der Waals surface area contributed by atoms with Gasteiger partial charge in [-0.05, 0) is 13.0 Å². The van der Waals surface area contributed by atoms with Gasteiger partial charge in [-0.1, -0.05) is 0 Å². The van der Waals surface area contributed by atoms with Crippen molar-refractivity contribution in [3.63, 3.8) is 0 Å². The van der Waals surface area contributed by atoms with E-state index in [2.05, 4.69) is 9.84 Å². The van der Waals surface area contributed by atoms with Crippen LogP contribution in [0.3, 0.4) is 0 Å². The molecular weight excluding hydrogens is 246 g/mol. The Morgan fingerprint density at radius 2 is 2.26 bits per heavy atom. The van der Waals surface area contributed by atoms with Crippen molar-refractivity contribution in [1.29, 1.82) is 0 Å².